The van der Waals surface area contributed by atoms with Crippen LogP contribution in [0.25, 0.3) is 0 Å². The van der Waals surface area contributed by atoms with E-state index in [4.69, 9.17) is 93.3 Å². The number of halogens is 6. The third kappa shape index (κ3) is 14.0. The number of rotatable bonds is 7. The third-order valence-corrected chi connectivity index (χ3v) is 9.27. The molecule has 0 saturated carbocycles. The average Bonchev–Trinajstić information content (AvgIpc) is 3.50. The first kappa shape index (κ1) is 47.1. The minimum Gasteiger partial charge on any atom is -0.465 e. The van der Waals surface area contributed by atoms with Crippen LogP contribution >= 0.6 is 81.4 Å². The molecule has 0 unspecified atom stereocenters. The first-order valence-electron chi connectivity index (χ1n) is 16.9. The highest BCUT2D eigenvalue weighted by Crippen LogP contribution is 2.51. The van der Waals surface area contributed by atoms with Crippen molar-refractivity contribution < 1.29 is 47.7 Å². The molecule has 1 aromatic rings. The topological polar surface area (TPSA) is 154 Å². The highest BCUT2D eigenvalue weighted by atomic mass is 35.6. The van der Waals surface area contributed by atoms with E-state index in [1.54, 1.807) is 47.8 Å². The molecule has 1 aromatic carbocycles. The normalized spacial score (nSPS) is 18.9. The minimum absolute atomic E-state index is 0.0217. The van der Waals surface area contributed by atoms with Gasteiger partial charge in [0.15, 0.2) is 5.17 Å². The molecule has 0 N–H and O–H groups in total. The number of likely N-dealkylation sites (tertiary alicyclic amines) is 1. The molecule has 2 aliphatic heterocycles. The van der Waals surface area contributed by atoms with Crippen LogP contribution in [0.5, 0.6) is 0 Å². The lowest BCUT2D eigenvalue weighted by Crippen LogP contribution is -2.52. The quantitative estimate of drug-likeness (QED) is 0.0845. The van der Waals surface area contributed by atoms with Crippen molar-refractivity contribution in [1.82, 2.24) is 9.80 Å². The summed E-state index contributed by atoms with van der Waals surface area (Å²) in [5.41, 5.74) is -0.896. The molecule has 0 spiro atoms. The Labute approximate surface area is 354 Å². The summed E-state index contributed by atoms with van der Waals surface area (Å²) in [6.45, 7) is 9.15. The van der Waals surface area contributed by atoms with Crippen LogP contribution in [0.4, 0.5) is 24.9 Å². The van der Waals surface area contributed by atoms with Gasteiger partial charge >= 0.3 is 30.3 Å². The fourth-order valence-corrected chi connectivity index (χ4v) is 6.96. The molecule has 308 valence electrons. The summed E-state index contributed by atoms with van der Waals surface area (Å²) in [6.07, 6.45) is -0.941. The van der Waals surface area contributed by atoms with Gasteiger partial charge in [-0.2, -0.15) is 4.99 Å². The number of alkyl halides is 6. The Balaban J connectivity index is 2.11. The van der Waals surface area contributed by atoms with E-state index < -0.39 is 80.3 Å². The highest BCUT2D eigenvalue weighted by Gasteiger charge is 2.51. The molecular formula is C34H44Cl6N4O10S. The number of amides is 4. The SMILES string of the molecule is COC(=O)c1ccc2c(c1)[C@@H]1[C@@H](CCN1C(=O)OCC(Cl)(Cl)Cl)[C@H](CCCN(C(=O)OC(C)(C)C)/C(=N/C(=O)OC(C)(C)C)SC)N2C(=O)OCC(Cl)(Cl)Cl. The van der Waals surface area contributed by atoms with Gasteiger partial charge < -0.3 is 28.6 Å². The smallest absolute Gasteiger partial charge is 0.436 e. The lowest BCUT2D eigenvalue weighted by Gasteiger charge is -2.45. The Bertz CT molecular complexity index is 1630. The Morgan fingerprint density at radius 2 is 1.47 bits per heavy atom. The average molecular weight is 914 g/mol. The van der Waals surface area contributed by atoms with Crippen LogP contribution in [0, 0.1) is 5.92 Å². The van der Waals surface area contributed by atoms with Crippen LogP contribution in [0.1, 0.15) is 82.8 Å². The second-order valence-corrected chi connectivity index (χ2v) is 20.3. The molecule has 55 heavy (non-hydrogen) atoms. The molecule has 14 nitrogen and oxygen atoms in total. The lowest BCUT2D eigenvalue weighted by molar-refractivity contribution is 0.0368. The van der Waals surface area contributed by atoms with Crippen molar-refractivity contribution in [3.05, 3.63) is 29.3 Å². The van der Waals surface area contributed by atoms with E-state index in [1.165, 1.54) is 40.0 Å². The van der Waals surface area contributed by atoms with Gasteiger partial charge in [-0.3, -0.25) is 9.80 Å². The number of fused-ring (bicyclic) bond motifs is 3. The fraction of sp³-hybridized carbons (Fsp3) is 0.647. The largest absolute Gasteiger partial charge is 0.465 e. The maximum absolute atomic E-state index is 14.0. The van der Waals surface area contributed by atoms with E-state index in [1.807, 2.05) is 0 Å². The maximum Gasteiger partial charge on any atom is 0.436 e. The number of esters is 1. The van der Waals surface area contributed by atoms with Crippen LogP contribution in [0.15, 0.2) is 23.2 Å². The van der Waals surface area contributed by atoms with Gasteiger partial charge in [-0.1, -0.05) is 81.4 Å². The number of benzene rings is 1. The number of thioether (sulfide) groups is 1. The molecule has 0 aliphatic carbocycles. The first-order chi connectivity index (χ1) is 25.2. The van der Waals surface area contributed by atoms with Crippen LogP contribution in [0.3, 0.4) is 0 Å². The zero-order chi connectivity index (χ0) is 41.7. The first-order valence-corrected chi connectivity index (χ1v) is 20.4. The summed E-state index contributed by atoms with van der Waals surface area (Å²) in [4.78, 5) is 74.6. The predicted molar refractivity (Wildman–Crippen MR) is 214 cm³/mol. The summed E-state index contributed by atoms with van der Waals surface area (Å²) in [5, 5.41) is 0.0217. The molecule has 3 rings (SSSR count). The molecular weight excluding hydrogens is 869 g/mol. The van der Waals surface area contributed by atoms with Gasteiger partial charge in [-0.25, -0.2) is 24.0 Å². The summed E-state index contributed by atoms with van der Waals surface area (Å²) in [6, 6.07) is 3.04. The Morgan fingerprint density at radius 1 is 0.891 bits per heavy atom. The van der Waals surface area contributed by atoms with Gasteiger partial charge in [-0.05, 0) is 90.8 Å². The molecule has 4 amide bonds. The van der Waals surface area contributed by atoms with Crippen LogP contribution < -0.4 is 4.90 Å². The molecule has 1 saturated heterocycles. The summed E-state index contributed by atoms with van der Waals surface area (Å²) < 4.78 is 23.0. The summed E-state index contributed by atoms with van der Waals surface area (Å²) in [5.74, 6) is -1.15. The van der Waals surface area contributed by atoms with E-state index in [2.05, 4.69) is 4.99 Å². The van der Waals surface area contributed by atoms with E-state index in [0.29, 0.717) is 12.0 Å². The second kappa shape index (κ2) is 19.0. The predicted octanol–water partition coefficient (Wildman–Crippen LogP) is 9.71. The van der Waals surface area contributed by atoms with Crippen molar-refractivity contribution >= 4 is 123 Å². The fourth-order valence-electron chi connectivity index (χ4n) is 6.08. The molecule has 0 aromatic heterocycles. The van der Waals surface area contributed by atoms with Crippen molar-refractivity contribution in [3.63, 3.8) is 0 Å². The number of ether oxygens (including phenoxy) is 5. The van der Waals surface area contributed by atoms with Gasteiger partial charge in [-0.15, -0.1) is 0 Å². The van der Waals surface area contributed by atoms with E-state index >= 15 is 0 Å². The van der Waals surface area contributed by atoms with E-state index in [0.717, 1.165) is 11.8 Å². The van der Waals surface area contributed by atoms with Crippen LogP contribution in [-0.4, -0.2) is 110 Å². The Kier molecular flexibility index (Phi) is 16.3. The van der Waals surface area contributed by atoms with Gasteiger partial charge in [0.25, 0.3) is 0 Å². The number of anilines is 1. The zero-order valence-electron chi connectivity index (χ0n) is 31.5. The van der Waals surface area contributed by atoms with Crippen molar-refractivity contribution in [2.24, 2.45) is 10.9 Å². The standard InChI is InChI=1S/C34H44Cl6N4O10S/c1-31(2,3)53-27(46)41-26(55-8)43(29(48)54-32(4,5)6)14-9-10-22-20-13-15-42(28(47)51-17-33(35,36)37)24(20)21-16-19(25(45)50-7)11-12-23(21)44(22)30(49)52-18-34(38,39)40/h11-12,16,20,22,24H,9-10,13-15,17-18H2,1-8H3/b41-26-/t20-,22-,24-/m0/s1. The molecule has 2 aliphatic rings. The van der Waals surface area contributed by atoms with Crippen molar-refractivity contribution in [3.8, 4) is 0 Å². The van der Waals surface area contributed by atoms with Gasteiger partial charge in [0, 0.05) is 25.0 Å². The van der Waals surface area contributed by atoms with Crippen LogP contribution in [0.2, 0.25) is 0 Å². The van der Waals surface area contributed by atoms with Crippen LogP contribution in [-0.2, 0) is 23.7 Å². The van der Waals surface area contributed by atoms with E-state index in [-0.39, 0.29) is 42.3 Å². The zero-order valence-corrected chi connectivity index (χ0v) is 36.8. The number of nitrogens with zero attached hydrogens (tertiary/aromatic N) is 4. The Hall–Kier alpha value is -2.27. The molecule has 3 atom stereocenters. The molecule has 1 fully saturated rings. The van der Waals surface area contributed by atoms with E-state index in [9.17, 15) is 24.0 Å². The minimum atomic E-state index is -1.94. The molecule has 21 heteroatoms. The Morgan fingerprint density at radius 3 is 2.00 bits per heavy atom. The van der Waals surface area contributed by atoms with Gasteiger partial charge in [0.2, 0.25) is 7.59 Å². The van der Waals surface area contributed by atoms with Gasteiger partial charge in [0.1, 0.15) is 24.4 Å². The number of aliphatic imine (C=N–C) groups is 1. The molecule has 0 radical (unpaired) electrons. The summed E-state index contributed by atoms with van der Waals surface area (Å²) in [7, 11) is 1.22. The molecule has 0 bridgehead atoms. The maximum atomic E-state index is 14.0. The third-order valence-electron chi connectivity index (χ3n) is 7.94. The van der Waals surface area contributed by atoms with Gasteiger partial charge in [0.05, 0.1) is 24.4 Å². The number of carbonyl (C=O) groups is 5. The number of amidine groups is 1. The van der Waals surface area contributed by atoms with Crippen molar-refractivity contribution in [2.75, 3.05) is 44.6 Å². The highest BCUT2D eigenvalue weighted by molar-refractivity contribution is 8.13. The van der Waals surface area contributed by atoms with Crippen molar-refractivity contribution in [2.45, 2.75) is 91.7 Å². The number of hydrogen-bond donors (Lipinski definition) is 0. The molecule has 2 heterocycles. The number of carbonyl (C=O) groups excluding carboxylic acids is 5. The lowest BCUT2D eigenvalue weighted by atomic mass is 9.79. The number of hydrogen-bond acceptors (Lipinski definition) is 11. The number of methoxy groups -OCH3 is 1. The monoisotopic (exact) mass is 910 g/mol. The second-order valence-electron chi connectivity index (χ2n) is 14.5. The summed E-state index contributed by atoms with van der Waals surface area (Å²) >= 11 is 36.5. The van der Waals surface area contributed by atoms with Crippen molar-refractivity contribution in [1.29, 1.82) is 0 Å².